The third-order valence-corrected chi connectivity index (χ3v) is 5.40. The number of thiazole rings is 1. The Bertz CT molecular complexity index is 739. The molecule has 0 aromatic carbocycles. The van der Waals surface area contributed by atoms with Crippen molar-refractivity contribution < 1.29 is 14.1 Å². The Balaban J connectivity index is 1.41. The molecule has 24 heavy (non-hydrogen) atoms. The van der Waals surface area contributed by atoms with E-state index in [-0.39, 0.29) is 22.8 Å². The number of hydrogen-bond donors (Lipinski definition) is 2. The number of nitrogens with zero attached hydrogens (tertiary/aromatic N) is 2. The molecule has 2 aromatic rings. The Kier molecular flexibility index (Phi) is 5.20. The molecule has 1 aliphatic rings. The minimum Gasteiger partial charge on any atom is -0.360 e. The van der Waals surface area contributed by atoms with Gasteiger partial charge in [0.05, 0.1) is 16.7 Å². The van der Waals surface area contributed by atoms with Crippen LogP contribution in [0.4, 0.5) is 10.9 Å². The SMILES string of the molecule is Cc1cc(NC(=O)C(C)SCC(=O)Nc2nc(C3CC3)cs2)no1. The largest absolute Gasteiger partial charge is 0.360 e. The average Bonchev–Trinajstić information content (AvgIpc) is 3.17. The summed E-state index contributed by atoms with van der Waals surface area (Å²) in [6, 6.07) is 1.64. The number of anilines is 2. The third-order valence-electron chi connectivity index (χ3n) is 3.48. The van der Waals surface area contributed by atoms with Crippen LogP contribution < -0.4 is 10.6 Å². The second kappa shape index (κ2) is 7.35. The van der Waals surface area contributed by atoms with Gasteiger partial charge in [-0.1, -0.05) is 5.16 Å². The molecule has 2 heterocycles. The maximum atomic E-state index is 12.0. The summed E-state index contributed by atoms with van der Waals surface area (Å²) in [6.45, 7) is 3.49. The lowest BCUT2D eigenvalue weighted by atomic mass is 10.3. The Labute approximate surface area is 147 Å². The summed E-state index contributed by atoms with van der Waals surface area (Å²) >= 11 is 2.70. The van der Waals surface area contributed by atoms with Crippen LogP contribution in [0.2, 0.25) is 0 Å². The van der Waals surface area contributed by atoms with Crippen molar-refractivity contribution >= 4 is 45.9 Å². The molecule has 0 spiro atoms. The fraction of sp³-hybridized carbons (Fsp3) is 0.467. The molecule has 9 heteroatoms. The van der Waals surface area contributed by atoms with Gasteiger partial charge < -0.3 is 15.2 Å². The molecule has 0 aliphatic heterocycles. The van der Waals surface area contributed by atoms with Crippen molar-refractivity contribution in [3.05, 3.63) is 22.9 Å². The van der Waals surface area contributed by atoms with E-state index in [0.717, 1.165) is 5.69 Å². The van der Waals surface area contributed by atoms with Gasteiger partial charge >= 0.3 is 0 Å². The molecule has 1 aliphatic carbocycles. The van der Waals surface area contributed by atoms with Crippen LogP contribution in [-0.4, -0.2) is 33.0 Å². The summed E-state index contributed by atoms with van der Waals surface area (Å²) in [5.41, 5.74) is 1.07. The van der Waals surface area contributed by atoms with Crippen molar-refractivity contribution in [1.82, 2.24) is 10.1 Å². The molecule has 1 atom stereocenters. The molecule has 1 fully saturated rings. The van der Waals surface area contributed by atoms with E-state index in [0.29, 0.717) is 22.6 Å². The second-order valence-corrected chi connectivity index (χ2v) is 7.85. The van der Waals surface area contributed by atoms with E-state index in [1.807, 2.05) is 5.38 Å². The van der Waals surface area contributed by atoms with E-state index in [1.54, 1.807) is 19.9 Å². The van der Waals surface area contributed by atoms with Crippen LogP contribution in [0.1, 0.15) is 37.1 Å². The number of aryl methyl sites for hydroxylation is 1. The van der Waals surface area contributed by atoms with Crippen LogP contribution in [-0.2, 0) is 9.59 Å². The van der Waals surface area contributed by atoms with Gasteiger partial charge in [0.2, 0.25) is 11.8 Å². The molecular formula is C15H18N4O3S2. The quantitative estimate of drug-likeness (QED) is 0.782. The number of carbonyl (C=O) groups is 2. The van der Waals surface area contributed by atoms with Gasteiger partial charge in [0.1, 0.15) is 5.76 Å². The van der Waals surface area contributed by atoms with E-state index in [1.165, 1.54) is 35.9 Å². The first kappa shape index (κ1) is 17.0. The molecule has 2 N–H and O–H groups in total. The molecule has 0 saturated heterocycles. The molecule has 2 amide bonds. The van der Waals surface area contributed by atoms with Gasteiger partial charge in [0.15, 0.2) is 10.9 Å². The zero-order valence-corrected chi connectivity index (χ0v) is 15.0. The van der Waals surface area contributed by atoms with Crippen molar-refractivity contribution in [2.75, 3.05) is 16.4 Å². The van der Waals surface area contributed by atoms with Crippen molar-refractivity contribution in [2.45, 2.75) is 37.9 Å². The average molecular weight is 366 g/mol. The highest BCUT2D eigenvalue weighted by atomic mass is 32.2. The maximum Gasteiger partial charge on any atom is 0.238 e. The number of thioether (sulfide) groups is 1. The predicted octanol–water partition coefficient (Wildman–Crippen LogP) is 3.02. The predicted molar refractivity (Wildman–Crippen MR) is 94.5 cm³/mol. The molecule has 1 saturated carbocycles. The number of amides is 2. The lowest BCUT2D eigenvalue weighted by molar-refractivity contribution is -0.115. The van der Waals surface area contributed by atoms with E-state index in [2.05, 4.69) is 20.8 Å². The molecule has 128 valence electrons. The molecule has 0 bridgehead atoms. The Morgan fingerprint density at radius 3 is 2.92 bits per heavy atom. The monoisotopic (exact) mass is 366 g/mol. The Morgan fingerprint density at radius 1 is 1.46 bits per heavy atom. The number of carbonyl (C=O) groups excluding carboxylic acids is 2. The summed E-state index contributed by atoms with van der Waals surface area (Å²) in [7, 11) is 0. The van der Waals surface area contributed by atoms with Gasteiger partial charge in [-0.15, -0.1) is 23.1 Å². The van der Waals surface area contributed by atoms with E-state index in [4.69, 9.17) is 4.52 Å². The highest BCUT2D eigenvalue weighted by molar-refractivity contribution is 8.01. The molecule has 0 radical (unpaired) electrons. The standard InChI is InChI=1S/C15H18N4O3S2/c1-8-5-12(19-22-8)17-14(21)9(2)23-7-13(20)18-15-16-11(6-24-15)10-3-4-10/h5-6,9-10H,3-4,7H2,1-2H3,(H,16,18,20)(H,17,19,21). The second-order valence-electron chi connectivity index (χ2n) is 5.67. The van der Waals surface area contributed by atoms with Crippen LogP contribution in [0, 0.1) is 6.92 Å². The van der Waals surface area contributed by atoms with Crippen LogP contribution in [0.25, 0.3) is 0 Å². The third kappa shape index (κ3) is 4.57. The van der Waals surface area contributed by atoms with Crippen molar-refractivity contribution in [3.8, 4) is 0 Å². The van der Waals surface area contributed by atoms with E-state index >= 15 is 0 Å². The van der Waals surface area contributed by atoms with Crippen LogP contribution >= 0.6 is 23.1 Å². The molecule has 1 unspecified atom stereocenters. The number of rotatable bonds is 7. The molecule has 3 rings (SSSR count). The number of aromatic nitrogens is 2. The van der Waals surface area contributed by atoms with Gasteiger partial charge in [-0.2, -0.15) is 0 Å². The highest BCUT2D eigenvalue weighted by Crippen LogP contribution is 2.40. The first-order chi connectivity index (χ1) is 11.5. The lowest BCUT2D eigenvalue weighted by Crippen LogP contribution is -2.25. The number of hydrogen-bond acceptors (Lipinski definition) is 7. The summed E-state index contributed by atoms with van der Waals surface area (Å²) in [5, 5.41) is 11.4. The summed E-state index contributed by atoms with van der Waals surface area (Å²) in [6.07, 6.45) is 2.37. The topological polar surface area (TPSA) is 97.1 Å². The minimum absolute atomic E-state index is 0.159. The van der Waals surface area contributed by atoms with Crippen LogP contribution in [0.15, 0.2) is 16.0 Å². The zero-order chi connectivity index (χ0) is 17.1. The Morgan fingerprint density at radius 2 is 2.25 bits per heavy atom. The molecular weight excluding hydrogens is 348 g/mol. The first-order valence-electron chi connectivity index (χ1n) is 7.62. The fourth-order valence-electron chi connectivity index (χ4n) is 2.00. The van der Waals surface area contributed by atoms with E-state index in [9.17, 15) is 9.59 Å². The maximum absolute atomic E-state index is 12.0. The van der Waals surface area contributed by atoms with Gasteiger partial charge in [-0.3, -0.25) is 9.59 Å². The first-order valence-corrected chi connectivity index (χ1v) is 9.55. The summed E-state index contributed by atoms with van der Waals surface area (Å²) < 4.78 is 4.89. The van der Waals surface area contributed by atoms with Gasteiger partial charge in [0.25, 0.3) is 0 Å². The molecule has 2 aromatic heterocycles. The van der Waals surface area contributed by atoms with Crippen LogP contribution in [0.5, 0.6) is 0 Å². The fourth-order valence-corrected chi connectivity index (χ4v) is 3.49. The number of nitrogens with one attached hydrogen (secondary N) is 2. The van der Waals surface area contributed by atoms with Gasteiger partial charge in [-0.05, 0) is 26.7 Å². The van der Waals surface area contributed by atoms with E-state index < -0.39 is 0 Å². The van der Waals surface area contributed by atoms with Crippen molar-refractivity contribution in [3.63, 3.8) is 0 Å². The Hall–Kier alpha value is -1.87. The van der Waals surface area contributed by atoms with Gasteiger partial charge in [-0.25, -0.2) is 4.98 Å². The molecule has 7 nitrogen and oxygen atoms in total. The lowest BCUT2D eigenvalue weighted by Gasteiger charge is -2.09. The smallest absolute Gasteiger partial charge is 0.238 e. The van der Waals surface area contributed by atoms with Crippen molar-refractivity contribution in [2.24, 2.45) is 0 Å². The van der Waals surface area contributed by atoms with Crippen LogP contribution in [0.3, 0.4) is 0 Å². The zero-order valence-electron chi connectivity index (χ0n) is 13.4. The minimum atomic E-state index is -0.383. The highest BCUT2D eigenvalue weighted by Gasteiger charge is 2.26. The summed E-state index contributed by atoms with van der Waals surface area (Å²) in [5.74, 6) is 1.39. The van der Waals surface area contributed by atoms with Gasteiger partial charge in [0, 0.05) is 17.4 Å². The normalized spacial score (nSPS) is 15.1. The van der Waals surface area contributed by atoms with Crippen molar-refractivity contribution in [1.29, 1.82) is 0 Å². The summed E-state index contributed by atoms with van der Waals surface area (Å²) in [4.78, 5) is 28.4.